The first-order valence-corrected chi connectivity index (χ1v) is 8.26. The maximum Gasteiger partial charge on any atom is 0.241 e. The lowest BCUT2D eigenvalue weighted by atomic mass is 10.2. The lowest BCUT2D eigenvalue weighted by Gasteiger charge is -2.34. The third-order valence-electron chi connectivity index (χ3n) is 4.00. The van der Waals surface area contributed by atoms with Crippen molar-refractivity contribution in [2.75, 3.05) is 26.2 Å². The first-order chi connectivity index (χ1) is 11.5. The number of aromatic nitrogens is 2. The van der Waals surface area contributed by atoms with Crippen LogP contribution in [-0.2, 0) is 11.3 Å². The summed E-state index contributed by atoms with van der Waals surface area (Å²) in [6.45, 7) is 5.14. The third kappa shape index (κ3) is 5.56. The van der Waals surface area contributed by atoms with Crippen molar-refractivity contribution in [3.8, 4) is 11.4 Å². The maximum absolute atomic E-state index is 11.9. The van der Waals surface area contributed by atoms with Gasteiger partial charge in [-0.25, -0.2) is 0 Å². The quantitative estimate of drug-likeness (QED) is 0.813. The van der Waals surface area contributed by atoms with Gasteiger partial charge in [-0.1, -0.05) is 16.8 Å². The number of hydrogen-bond donors (Lipinski definition) is 1. The SMILES string of the molecule is C[C@@H](N)C(=O)N1CCN(Cc2nc(-c3ccc(Cl)cc3)no2)CC1.Cl.Cl. The molecule has 7 nitrogen and oxygen atoms in total. The minimum absolute atomic E-state index is 0. The van der Waals surface area contributed by atoms with E-state index in [1.165, 1.54) is 0 Å². The molecule has 0 radical (unpaired) electrons. The van der Waals surface area contributed by atoms with Crippen LogP contribution >= 0.6 is 36.4 Å². The van der Waals surface area contributed by atoms with Gasteiger partial charge in [0.05, 0.1) is 12.6 Å². The van der Waals surface area contributed by atoms with E-state index in [4.69, 9.17) is 21.9 Å². The fourth-order valence-electron chi connectivity index (χ4n) is 2.64. The molecule has 1 aliphatic rings. The first-order valence-electron chi connectivity index (χ1n) is 7.88. The second kappa shape index (κ2) is 10.1. The highest BCUT2D eigenvalue weighted by Gasteiger charge is 2.24. The smallest absolute Gasteiger partial charge is 0.241 e. The summed E-state index contributed by atoms with van der Waals surface area (Å²) >= 11 is 5.88. The molecule has 1 aromatic heterocycles. The van der Waals surface area contributed by atoms with Crippen LogP contribution < -0.4 is 5.73 Å². The predicted octanol–water partition coefficient (Wildman–Crippen LogP) is 2.23. The van der Waals surface area contributed by atoms with Crippen molar-refractivity contribution in [3.63, 3.8) is 0 Å². The third-order valence-corrected chi connectivity index (χ3v) is 4.25. The number of nitrogens with two attached hydrogens (primary N) is 1. The second-order valence-corrected chi connectivity index (χ2v) is 6.35. The molecular formula is C16H22Cl3N5O2. The average molecular weight is 423 g/mol. The molecule has 3 rings (SSSR count). The molecule has 1 aromatic carbocycles. The number of amides is 1. The monoisotopic (exact) mass is 421 g/mol. The summed E-state index contributed by atoms with van der Waals surface area (Å²) < 4.78 is 5.33. The van der Waals surface area contributed by atoms with Crippen molar-refractivity contribution in [3.05, 3.63) is 35.2 Å². The van der Waals surface area contributed by atoms with Gasteiger partial charge < -0.3 is 15.2 Å². The summed E-state index contributed by atoms with van der Waals surface area (Å²) in [7, 11) is 0. The topological polar surface area (TPSA) is 88.5 Å². The zero-order chi connectivity index (χ0) is 17.1. The Hall–Kier alpha value is -1.38. The summed E-state index contributed by atoms with van der Waals surface area (Å²) in [6, 6.07) is 6.85. The molecule has 0 spiro atoms. The van der Waals surface area contributed by atoms with E-state index in [0.29, 0.717) is 36.4 Å². The number of carbonyl (C=O) groups excluding carboxylic acids is 1. The van der Waals surface area contributed by atoms with Gasteiger partial charge >= 0.3 is 0 Å². The Morgan fingerprint density at radius 2 is 1.85 bits per heavy atom. The number of benzene rings is 1. The van der Waals surface area contributed by atoms with Crippen LogP contribution in [0.15, 0.2) is 28.8 Å². The zero-order valence-electron chi connectivity index (χ0n) is 14.3. The minimum atomic E-state index is -0.450. The van der Waals surface area contributed by atoms with Gasteiger partial charge in [-0.15, -0.1) is 24.8 Å². The Morgan fingerprint density at radius 3 is 2.42 bits per heavy atom. The lowest BCUT2D eigenvalue weighted by Crippen LogP contribution is -2.52. The summed E-state index contributed by atoms with van der Waals surface area (Å²) in [5, 5.41) is 4.68. The summed E-state index contributed by atoms with van der Waals surface area (Å²) in [5.74, 6) is 1.11. The molecule has 144 valence electrons. The molecule has 10 heteroatoms. The van der Waals surface area contributed by atoms with Gasteiger partial charge in [-0.2, -0.15) is 4.98 Å². The van der Waals surface area contributed by atoms with E-state index < -0.39 is 6.04 Å². The standard InChI is InChI=1S/C16H20ClN5O2.2ClH/c1-11(18)16(23)22-8-6-21(7-9-22)10-14-19-15(20-24-14)12-2-4-13(17)5-3-12;;/h2-5,11H,6-10,18H2,1H3;2*1H/t11-;;/m1../s1. The molecule has 1 aliphatic heterocycles. The number of piperazine rings is 1. The van der Waals surface area contributed by atoms with E-state index in [1.54, 1.807) is 24.0 Å². The number of halogens is 3. The van der Waals surface area contributed by atoms with Crippen molar-refractivity contribution >= 4 is 42.3 Å². The Morgan fingerprint density at radius 1 is 1.23 bits per heavy atom. The van der Waals surface area contributed by atoms with E-state index in [2.05, 4.69) is 15.0 Å². The van der Waals surface area contributed by atoms with Crippen molar-refractivity contribution in [2.45, 2.75) is 19.5 Å². The second-order valence-electron chi connectivity index (χ2n) is 5.91. The van der Waals surface area contributed by atoms with Gasteiger partial charge in [0.2, 0.25) is 17.6 Å². The fourth-order valence-corrected chi connectivity index (χ4v) is 2.77. The largest absolute Gasteiger partial charge is 0.339 e. The van der Waals surface area contributed by atoms with Crippen molar-refractivity contribution in [1.29, 1.82) is 0 Å². The summed E-state index contributed by atoms with van der Waals surface area (Å²) in [6.07, 6.45) is 0. The fraction of sp³-hybridized carbons (Fsp3) is 0.438. The van der Waals surface area contributed by atoms with Crippen molar-refractivity contribution < 1.29 is 9.32 Å². The van der Waals surface area contributed by atoms with E-state index in [1.807, 2.05) is 12.1 Å². The van der Waals surface area contributed by atoms with Gasteiger partial charge in [0, 0.05) is 36.8 Å². The Balaban J connectivity index is 0.00000169. The highest BCUT2D eigenvalue weighted by molar-refractivity contribution is 6.30. The highest BCUT2D eigenvalue weighted by atomic mass is 35.5. The van der Waals surface area contributed by atoms with Crippen LogP contribution in [0.5, 0.6) is 0 Å². The van der Waals surface area contributed by atoms with Gasteiger partial charge in [0.25, 0.3) is 0 Å². The molecule has 1 amide bonds. The number of hydrogen-bond acceptors (Lipinski definition) is 6. The highest BCUT2D eigenvalue weighted by Crippen LogP contribution is 2.19. The van der Waals surface area contributed by atoms with Crippen molar-refractivity contribution in [1.82, 2.24) is 19.9 Å². The van der Waals surface area contributed by atoms with Crippen LogP contribution in [0.1, 0.15) is 12.8 Å². The molecule has 2 heterocycles. The van der Waals surface area contributed by atoms with E-state index in [0.717, 1.165) is 18.7 Å². The molecular weight excluding hydrogens is 401 g/mol. The first kappa shape index (κ1) is 22.7. The minimum Gasteiger partial charge on any atom is -0.339 e. The van der Waals surface area contributed by atoms with Crippen molar-refractivity contribution in [2.24, 2.45) is 5.73 Å². The van der Waals surface area contributed by atoms with Crippen LogP contribution in [0.25, 0.3) is 11.4 Å². The van der Waals surface area contributed by atoms with Gasteiger partial charge in [0.15, 0.2) is 0 Å². The molecule has 1 saturated heterocycles. The summed E-state index contributed by atoms with van der Waals surface area (Å²) in [4.78, 5) is 20.3. The molecule has 1 fully saturated rings. The molecule has 0 unspecified atom stereocenters. The predicted molar refractivity (Wildman–Crippen MR) is 105 cm³/mol. The van der Waals surface area contributed by atoms with E-state index in [9.17, 15) is 4.79 Å². The zero-order valence-corrected chi connectivity index (χ0v) is 16.7. The maximum atomic E-state index is 11.9. The molecule has 0 aliphatic carbocycles. The van der Waals surface area contributed by atoms with E-state index >= 15 is 0 Å². The number of carbonyl (C=O) groups is 1. The molecule has 2 aromatic rings. The molecule has 1 atom stereocenters. The van der Waals surface area contributed by atoms with Crippen LogP contribution in [0.4, 0.5) is 0 Å². The molecule has 26 heavy (non-hydrogen) atoms. The van der Waals surface area contributed by atoms with E-state index in [-0.39, 0.29) is 30.7 Å². The lowest BCUT2D eigenvalue weighted by molar-refractivity contribution is -0.134. The van der Waals surface area contributed by atoms with Gasteiger partial charge in [0.1, 0.15) is 0 Å². The van der Waals surface area contributed by atoms with Crippen LogP contribution in [0, 0.1) is 0 Å². The van der Waals surface area contributed by atoms with Crippen LogP contribution in [-0.4, -0.2) is 58.1 Å². The average Bonchev–Trinajstić information content (AvgIpc) is 3.04. The number of nitrogens with zero attached hydrogens (tertiary/aromatic N) is 4. The number of rotatable bonds is 4. The summed E-state index contributed by atoms with van der Waals surface area (Å²) in [5.41, 5.74) is 6.51. The Labute approximate surface area is 169 Å². The van der Waals surface area contributed by atoms with Gasteiger partial charge in [-0.3, -0.25) is 9.69 Å². The molecule has 2 N–H and O–H groups in total. The normalized spacial score (nSPS) is 15.7. The molecule has 0 saturated carbocycles. The molecule has 0 bridgehead atoms. The van der Waals surface area contributed by atoms with Crippen LogP contribution in [0.3, 0.4) is 0 Å². The van der Waals surface area contributed by atoms with Crippen LogP contribution in [0.2, 0.25) is 5.02 Å². The van der Waals surface area contributed by atoms with Gasteiger partial charge in [-0.05, 0) is 31.2 Å². The Kier molecular flexibility index (Phi) is 8.79. The Bertz CT molecular complexity index is 700.